The molecule has 29 heavy (non-hydrogen) atoms. The molecule has 1 amide bonds. The van der Waals surface area contributed by atoms with E-state index in [9.17, 15) is 19.7 Å². The predicted molar refractivity (Wildman–Crippen MR) is 107 cm³/mol. The molecule has 2 bridgehead atoms. The van der Waals surface area contributed by atoms with E-state index < -0.39 is 16.2 Å². The van der Waals surface area contributed by atoms with Gasteiger partial charge >= 0.3 is 11.2 Å². The molecule has 148 valence electrons. The number of pyridine rings is 1. The van der Waals surface area contributed by atoms with Gasteiger partial charge in [-0.05, 0) is 42.7 Å². The topological polar surface area (TPSA) is 90.4 Å². The largest absolute Gasteiger partial charge is 0.351 e. The highest BCUT2D eigenvalue weighted by molar-refractivity contribution is 5.98. The highest BCUT2D eigenvalue weighted by Gasteiger charge is 2.37. The smallest absolute Gasteiger partial charge is 0.334 e. The molecule has 2 aromatic heterocycles. The summed E-state index contributed by atoms with van der Waals surface area (Å²) < 4.78 is 3.55. The number of hydrogen-bond donors (Lipinski definition) is 0. The summed E-state index contributed by atoms with van der Waals surface area (Å²) in [4.78, 5) is 38.0. The minimum absolute atomic E-state index is 0.0110. The number of rotatable bonds is 2. The van der Waals surface area contributed by atoms with E-state index in [0.29, 0.717) is 25.2 Å². The maximum absolute atomic E-state index is 13.2. The minimum atomic E-state index is -0.629. The van der Waals surface area contributed by atoms with Crippen LogP contribution in [0.1, 0.15) is 28.4 Å². The third-order valence-electron chi connectivity index (χ3n) is 6.20. The van der Waals surface area contributed by atoms with Crippen molar-refractivity contribution < 1.29 is 9.72 Å². The summed E-state index contributed by atoms with van der Waals surface area (Å²) in [6.07, 6.45) is 2.86. The Morgan fingerprint density at radius 3 is 2.76 bits per heavy atom. The number of nitro groups is 1. The Morgan fingerprint density at radius 2 is 1.97 bits per heavy atom. The van der Waals surface area contributed by atoms with Crippen LogP contribution in [0.15, 0.2) is 47.4 Å². The zero-order valence-electron chi connectivity index (χ0n) is 15.9. The third-order valence-corrected chi connectivity index (χ3v) is 6.20. The fourth-order valence-electron chi connectivity index (χ4n) is 4.84. The van der Waals surface area contributed by atoms with Gasteiger partial charge in [0.05, 0.1) is 4.92 Å². The van der Waals surface area contributed by atoms with E-state index in [4.69, 9.17) is 0 Å². The molecule has 1 saturated heterocycles. The minimum Gasteiger partial charge on any atom is -0.351 e. The molecular formula is C21H20N4O4. The number of carbonyl (C=O) groups excluding carboxylic acids is 1. The first-order valence-corrected chi connectivity index (χ1v) is 9.65. The van der Waals surface area contributed by atoms with Crippen molar-refractivity contribution >= 4 is 22.5 Å². The summed E-state index contributed by atoms with van der Waals surface area (Å²) in [6, 6.07) is 10.7. The summed E-state index contributed by atoms with van der Waals surface area (Å²) in [6.45, 7) is 1.48. The normalized spacial score (nSPS) is 20.5. The third kappa shape index (κ3) is 2.74. The monoisotopic (exact) mass is 392 g/mol. The first-order chi connectivity index (χ1) is 13.9. The Kier molecular flexibility index (Phi) is 3.84. The van der Waals surface area contributed by atoms with Gasteiger partial charge in [0.1, 0.15) is 0 Å². The summed E-state index contributed by atoms with van der Waals surface area (Å²) in [5.74, 6) is 0.119. The van der Waals surface area contributed by atoms with Gasteiger partial charge in [-0.1, -0.05) is 0 Å². The molecule has 0 N–H and O–H groups in total. The lowest BCUT2D eigenvalue weighted by atomic mass is 9.83. The Bertz CT molecular complexity index is 1230. The standard InChI is InChI=1S/C21H20N4O4/c1-22-7-6-14-9-15(2-3-17(14)22)20(26)23-10-13-8-16(12-23)18-4-5-19(25(28)29)21(27)24(18)11-13/h2-7,9,13,16H,8,10-12H2,1H3/t13-,16+/m1/s1. The number of nitrogens with zero attached hydrogens (tertiary/aromatic N) is 4. The number of likely N-dealkylation sites (tertiary alicyclic amines) is 1. The van der Waals surface area contributed by atoms with Crippen LogP contribution in [0.2, 0.25) is 0 Å². The fraction of sp³-hybridized carbons (Fsp3) is 0.333. The molecule has 2 atom stereocenters. The summed E-state index contributed by atoms with van der Waals surface area (Å²) in [7, 11) is 1.97. The van der Waals surface area contributed by atoms with Crippen LogP contribution in [0.4, 0.5) is 5.69 Å². The number of piperidine rings is 1. The van der Waals surface area contributed by atoms with E-state index in [0.717, 1.165) is 23.0 Å². The van der Waals surface area contributed by atoms with Crippen molar-refractivity contribution in [3.05, 3.63) is 74.3 Å². The Morgan fingerprint density at radius 1 is 1.14 bits per heavy atom. The van der Waals surface area contributed by atoms with E-state index in [-0.39, 0.29) is 17.7 Å². The van der Waals surface area contributed by atoms with Crippen molar-refractivity contribution in [1.82, 2.24) is 14.0 Å². The molecule has 8 nitrogen and oxygen atoms in total. The van der Waals surface area contributed by atoms with Crippen molar-refractivity contribution in [2.45, 2.75) is 18.9 Å². The van der Waals surface area contributed by atoms with Gasteiger partial charge < -0.3 is 14.0 Å². The molecule has 1 aromatic carbocycles. The van der Waals surface area contributed by atoms with Crippen LogP contribution in [-0.4, -0.2) is 38.0 Å². The summed E-state index contributed by atoms with van der Waals surface area (Å²) >= 11 is 0. The van der Waals surface area contributed by atoms with Gasteiger partial charge in [0.15, 0.2) is 0 Å². The number of aryl methyl sites for hydroxylation is 1. The number of hydrogen-bond acceptors (Lipinski definition) is 4. The highest BCUT2D eigenvalue weighted by atomic mass is 16.6. The molecular weight excluding hydrogens is 372 g/mol. The number of aromatic nitrogens is 2. The van der Waals surface area contributed by atoms with Crippen LogP contribution >= 0.6 is 0 Å². The number of carbonyl (C=O) groups is 1. The van der Waals surface area contributed by atoms with Gasteiger partial charge in [-0.15, -0.1) is 0 Å². The predicted octanol–water partition coefficient (Wildman–Crippen LogP) is 2.51. The van der Waals surface area contributed by atoms with Crippen LogP contribution in [0.25, 0.3) is 10.9 Å². The highest BCUT2D eigenvalue weighted by Crippen LogP contribution is 2.36. The van der Waals surface area contributed by atoms with Gasteiger partial charge in [0.2, 0.25) is 0 Å². The molecule has 0 aliphatic carbocycles. The average Bonchev–Trinajstić information content (AvgIpc) is 3.08. The van der Waals surface area contributed by atoms with Crippen LogP contribution in [-0.2, 0) is 13.6 Å². The van der Waals surface area contributed by atoms with E-state index in [1.165, 1.54) is 10.6 Å². The van der Waals surface area contributed by atoms with Crippen molar-refractivity contribution in [2.24, 2.45) is 13.0 Å². The van der Waals surface area contributed by atoms with Crippen LogP contribution in [0, 0.1) is 16.0 Å². The zero-order valence-corrected chi connectivity index (χ0v) is 15.9. The molecule has 0 saturated carbocycles. The Hall–Kier alpha value is -3.42. The van der Waals surface area contributed by atoms with Crippen LogP contribution in [0.3, 0.4) is 0 Å². The Labute approximate surface area is 166 Å². The van der Waals surface area contributed by atoms with Crippen molar-refractivity contribution in [3.63, 3.8) is 0 Å². The summed E-state index contributed by atoms with van der Waals surface area (Å²) in [5, 5.41) is 12.1. The lowest BCUT2D eigenvalue weighted by Crippen LogP contribution is -2.49. The molecule has 8 heteroatoms. The maximum atomic E-state index is 13.2. The molecule has 3 aromatic rings. The second-order valence-corrected chi connectivity index (χ2v) is 8.03. The van der Waals surface area contributed by atoms with Crippen molar-refractivity contribution in [1.29, 1.82) is 0 Å². The Balaban J connectivity index is 1.45. The molecule has 2 aliphatic rings. The molecule has 4 heterocycles. The van der Waals surface area contributed by atoms with Gasteiger partial charge in [-0.25, -0.2) is 0 Å². The first-order valence-electron chi connectivity index (χ1n) is 9.65. The molecule has 2 aliphatic heterocycles. The maximum Gasteiger partial charge on any atom is 0.334 e. The number of amides is 1. The second kappa shape index (κ2) is 6.30. The van der Waals surface area contributed by atoms with E-state index in [2.05, 4.69) is 0 Å². The summed E-state index contributed by atoms with van der Waals surface area (Å²) in [5.41, 5.74) is 1.58. The van der Waals surface area contributed by atoms with Crippen molar-refractivity contribution in [3.8, 4) is 0 Å². The zero-order chi connectivity index (χ0) is 20.3. The van der Waals surface area contributed by atoms with Gasteiger partial charge in [0.25, 0.3) is 5.91 Å². The van der Waals surface area contributed by atoms with E-state index in [1.54, 1.807) is 6.07 Å². The number of fused-ring (bicyclic) bond motifs is 5. The molecule has 0 unspecified atom stereocenters. The lowest BCUT2D eigenvalue weighted by Gasteiger charge is -2.42. The number of benzene rings is 1. The van der Waals surface area contributed by atoms with Gasteiger partial charge in [0, 0.05) is 67.0 Å². The molecule has 1 fully saturated rings. The lowest BCUT2D eigenvalue weighted by molar-refractivity contribution is -0.386. The van der Waals surface area contributed by atoms with E-state index in [1.807, 2.05) is 47.0 Å². The molecule has 5 rings (SSSR count). The van der Waals surface area contributed by atoms with Crippen LogP contribution in [0.5, 0.6) is 0 Å². The van der Waals surface area contributed by atoms with Crippen LogP contribution < -0.4 is 5.56 Å². The quantitative estimate of drug-likeness (QED) is 0.495. The average molecular weight is 392 g/mol. The van der Waals surface area contributed by atoms with Gasteiger partial charge in [-0.3, -0.25) is 19.7 Å². The van der Waals surface area contributed by atoms with Gasteiger partial charge in [-0.2, -0.15) is 0 Å². The molecule has 0 spiro atoms. The fourth-order valence-corrected chi connectivity index (χ4v) is 4.84. The SMILES string of the molecule is Cn1ccc2cc(C(=O)N3C[C@H]4C[C@@H](C3)c3ccc([N+](=O)[O-])c(=O)n3C4)ccc21. The second-order valence-electron chi connectivity index (χ2n) is 8.03. The first kappa shape index (κ1) is 17.7. The van der Waals surface area contributed by atoms with Crippen molar-refractivity contribution in [2.75, 3.05) is 13.1 Å². The van der Waals surface area contributed by atoms with E-state index >= 15 is 0 Å². The molecule has 0 radical (unpaired) electrons.